The van der Waals surface area contributed by atoms with Crippen molar-refractivity contribution in [1.82, 2.24) is 0 Å². The third-order valence-electron chi connectivity index (χ3n) is 2.41. The molecule has 0 fully saturated rings. The molecule has 94 valence electrons. The Morgan fingerprint density at radius 1 is 0.889 bits per heavy atom. The smallest absolute Gasteiger partial charge is 0.124 e. The molecule has 0 bridgehead atoms. The van der Waals surface area contributed by atoms with Gasteiger partial charge >= 0.3 is 0 Å². The maximum atomic E-state index is 13.5. The summed E-state index contributed by atoms with van der Waals surface area (Å²) in [6.07, 6.45) is 0. The highest BCUT2D eigenvalue weighted by Crippen LogP contribution is 2.37. The van der Waals surface area contributed by atoms with Crippen molar-refractivity contribution in [1.29, 1.82) is 0 Å². The molecule has 0 aliphatic carbocycles. The lowest BCUT2D eigenvalue weighted by atomic mass is 10.0. The van der Waals surface area contributed by atoms with Crippen LogP contribution in [0.2, 0.25) is 15.1 Å². The standard InChI is InChI=1S/C13H7Cl4F/c14-6-7-1-8(3-10(18)2-7)13-11(16)4-9(15)5-12(13)17/h1-5H,6H2. The van der Waals surface area contributed by atoms with Crippen molar-refractivity contribution in [2.45, 2.75) is 5.88 Å². The highest BCUT2D eigenvalue weighted by Gasteiger charge is 2.12. The number of alkyl halides is 1. The number of rotatable bonds is 2. The Bertz CT molecular complexity index is 573. The highest BCUT2D eigenvalue weighted by atomic mass is 35.5. The second-order valence-electron chi connectivity index (χ2n) is 3.73. The van der Waals surface area contributed by atoms with Gasteiger partial charge in [0.25, 0.3) is 0 Å². The van der Waals surface area contributed by atoms with E-state index >= 15 is 0 Å². The number of benzene rings is 2. The summed E-state index contributed by atoms with van der Waals surface area (Å²) >= 11 is 23.7. The van der Waals surface area contributed by atoms with Gasteiger partial charge in [-0.15, -0.1) is 11.6 Å². The molecule has 0 saturated carbocycles. The van der Waals surface area contributed by atoms with Crippen molar-refractivity contribution in [2.24, 2.45) is 0 Å². The summed E-state index contributed by atoms with van der Waals surface area (Å²) in [6, 6.07) is 7.60. The van der Waals surface area contributed by atoms with E-state index in [0.717, 1.165) is 0 Å². The molecule has 0 nitrogen and oxygen atoms in total. The molecule has 0 atom stereocenters. The summed E-state index contributed by atoms with van der Waals surface area (Å²) in [5.41, 5.74) is 1.79. The predicted octanol–water partition coefficient (Wildman–Crippen LogP) is 6.19. The minimum atomic E-state index is -0.384. The monoisotopic (exact) mass is 322 g/mol. The van der Waals surface area contributed by atoms with Gasteiger partial charge in [-0.05, 0) is 41.5 Å². The Kier molecular flexibility index (Phi) is 4.39. The lowest BCUT2D eigenvalue weighted by molar-refractivity contribution is 0.627. The van der Waals surface area contributed by atoms with E-state index in [1.54, 1.807) is 18.2 Å². The molecule has 0 N–H and O–H groups in total. The average Bonchev–Trinajstić information content (AvgIpc) is 2.26. The second kappa shape index (κ2) is 5.66. The quantitative estimate of drug-likeness (QED) is 0.578. The van der Waals surface area contributed by atoms with E-state index in [1.165, 1.54) is 12.1 Å². The fourth-order valence-electron chi connectivity index (χ4n) is 1.69. The maximum Gasteiger partial charge on any atom is 0.124 e. The van der Waals surface area contributed by atoms with Gasteiger partial charge in [-0.1, -0.05) is 34.8 Å². The van der Waals surface area contributed by atoms with Crippen LogP contribution in [0.5, 0.6) is 0 Å². The summed E-state index contributed by atoms with van der Waals surface area (Å²) in [5.74, 6) is -0.168. The third kappa shape index (κ3) is 2.92. The van der Waals surface area contributed by atoms with Crippen LogP contribution in [-0.4, -0.2) is 0 Å². The summed E-state index contributed by atoms with van der Waals surface area (Å²) in [6.45, 7) is 0. The zero-order valence-electron chi connectivity index (χ0n) is 8.98. The van der Waals surface area contributed by atoms with Crippen molar-refractivity contribution in [2.75, 3.05) is 0 Å². The van der Waals surface area contributed by atoms with E-state index in [9.17, 15) is 4.39 Å². The molecule has 0 aromatic heterocycles. The highest BCUT2D eigenvalue weighted by molar-refractivity contribution is 6.41. The normalized spacial score (nSPS) is 10.7. The largest absolute Gasteiger partial charge is 0.207 e. The van der Waals surface area contributed by atoms with Crippen LogP contribution in [0.4, 0.5) is 4.39 Å². The summed E-state index contributed by atoms with van der Waals surface area (Å²) in [7, 11) is 0. The van der Waals surface area contributed by atoms with Crippen molar-refractivity contribution >= 4 is 46.4 Å². The van der Waals surface area contributed by atoms with Gasteiger partial charge in [-0.3, -0.25) is 0 Å². The Labute approximate surface area is 124 Å². The van der Waals surface area contributed by atoms with Crippen molar-refractivity contribution in [3.63, 3.8) is 0 Å². The van der Waals surface area contributed by atoms with Crippen molar-refractivity contribution in [3.8, 4) is 11.1 Å². The van der Waals surface area contributed by atoms with Crippen LogP contribution in [0.15, 0.2) is 30.3 Å². The molecule has 0 unspecified atom stereocenters. The van der Waals surface area contributed by atoms with E-state index in [1.807, 2.05) is 0 Å². The van der Waals surface area contributed by atoms with Gasteiger partial charge in [0.15, 0.2) is 0 Å². The fraction of sp³-hybridized carbons (Fsp3) is 0.0769. The Morgan fingerprint density at radius 3 is 2.06 bits per heavy atom. The van der Waals surface area contributed by atoms with Crippen LogP contribution >= 0.6 is 46.4 Å². The minimum Gasteiger partial charge on any atom is -0.207 e. The van der Waals surface area contributed by atoms with Gasteiger partial charge < -0.3 is 0 Å². The molecule has 0 spiro atoms. The number of hydrogen-bond acceptors (Lipinski definition) is 0. The molecular weight excluding hydrogens is 317 g/mol. The van der Waals surface area contributed by atoms with Crippen LogP contribution in [0.25, 0.3) is 11.1 Å². The molecule has 2 rings (SSSR count). The summed E-state index contributed by atoms with van der Waals surface area (Å²) < 4.78 is 13.5. The third-order valence-corrected chi connectivity index (χ3v) is 3.53. The topological polar surface area (TPSA) is 0 Å². The molecule has 0 aliphatic heterocycles. The molecular formula is C13H7Cl4F. The van der Waals surface area contributed by atoms with Crippen LogP contribution in [0, 0.1) is 5.82 Å². The zero-order chi connectivity index (χ0) is 13.3. The lowest BCUT2D eigenvalue weighted by Gasteiger charge is -2.09. The SMILES string of the molecule is Fc1cc(CCl)cc(-c2c(Cl)cc(Cl)cc2Cl)c1. The molecule has 5 heteroatoms. The number of hydrogen-bond donors (Lipinski definition) is 0. The molecule has 0 radical (unpaired) electrons. The molecule has 0 amide bonds. The van der Waals surface area contributed by atoms with E-state index in [4.69, 9.17) is 46.4 Å². The first-order valence-electron chi connectivity index (χ1n) is 5.01. The maximum absolute atomic E-state index is 13.5. The molecule has 2 aromatic rings. The first-order chi connectivity index (χ1) is 8.51. The summed E-state index contributed by atoms with van der Waals surface area (Å²) in [4.78, 5) is 0. The summed E-state index contributed by atoms with van der Waals surface area (Å²) in [5, 5.41) is 1.18. The molecule has 0 aliphatic rings. The number of halogens is 5. The van der Waals surface area contributed by atoms with Crippen LogP contribution in [0.1, 0.15) is 5.56 Å². The van der Waals surface area contributed by atoms with E-state index < -0.39 is 0 Å². The van der Waals surface area contributed by atoms with Gasteiger partial charge in [0.1, 0.15) is 5.82 Å². The molecule has 0 heterocycles. The Balaban J connectivity index is 2.65. The van der Waals surface area contributed by atoms with Gasteiger partial charge in [-0.25, -0.2) is 4.39 Å². The average molecular weight is 324 g/mol. The van der Waals surface area contributed by atoms with E-state index in [-0.39, 0.29) is 11.7 Å². The lowest BCUT2D eigenvalue weighted by Crippen LogP contribution is -1.88. The van der Waals surface area contributed by atoms with Gasteiger partial charge in [0.05, 0.1) is 10.0 Å². The zero-order valence-corrected chi connectivity index (χ0v) is 12.0. The van der Waals surface area contributed by atoms with Gasteiger partial charge in [-0.2, -0.15) is 0 Å². The second-order valence-corrected chi connectivity index (χ2v) is 5.24. The van der Waals surface area contributed by atoms with Crippen molar-refractivity contribution < 1.29 is 4.39 Å². The van der Waals surface area contributed by atoms with Crippen LogP contribution in [0.3, 0.4) is 0 Å². The predicted molar refractivity (Wildman–Crippen MR) is 76.4 cm³/mol. The van der Waals surface area contributed by atoms with Gasteiger partial charge in [0, 0.05) is 16.5 Å². The van der Waals surface area contributed by atoms with E-state index in [0.29, 0.717) is 31.8 Å². The fourth-order valence-corrected chi connectivity index (χ4v) is 2.88. The first kappa shape index (κ1) is 14.0. The molecule has 2 aromatic carbocycles. The van der Waals surface area contributed by atoms with Gasteiger partial charge in [0.2, 0.25) is 0 Å². The first-order valence-corrected chi connectivity index (χ1v) is 6.68. The molecule has 18 heavy (non-hydrogen) atoms. The van der Waals surface area contributed by atoms with E-state index in [2.05, 4.69) is 0 Å². The minimum absolute atomic E-state index is 0.216. The van der Waals surface area contributed by atoms with Crippen LogP contribution < -0.4 is 0 Å². The Hall–Kier alpha value is -0.470. The van der Waals surface area contributed by atoms with Crippen molar-refractivity contribution in [3.05, 3.63) is 56.8 Å². The van der Waals surface area contributed by atoms with Crippen LogP contribution in [-0.2, 0) is 5.88 Å². The molecule has 0 saturated heterocycles. The Morgan fingerprint density at radius 2 is 1.50 bits per heavy atom.